The van der Waals surface area contributed by atoms with E-state index in [1.165, 1.54) is 25.7 Å². The Morgan fingerprint density at radius 3 is 2.75 bits per heavy atom. The van der Waals surface area contributed by atoms with E-state index in [9.17, 15) is 4.79 Å². The Morgan fingerprint density at radius 1 is 1.38 bits per heavy atom. The fraction of sp³-hybridized carbons (Fsp3) is 0.923. The largest absolute Gasteiger partial charge is 0.352 e. The lowest BCUT2D eigenvalue weighted by Crippen LogP contribution is -2.43. The molecule has 3 nitrogen and oxygen atoms in total. The number of carbonyl (C=O) groups excluding carboxylic acids is 1. The summed E-state index contributed by atoms with van der Waals surface area (Å²) in [5.41, 5.74) is 0. The Bertz CT molecular complexity index is 216. The van der Waals surface area contributed by atoms with Crippen molar-refractivity contribution in [1.29, 1.82) is 0 Å². The third-order valence-electron chi connectivity index (χ3n) is 3.40. The minimum Gasteiger partial charge on any atom is -0.352 e. The summed E-state index contributed by atoms with van der Waals surface area (Å²) < 4.78 is 0. The molecule has 1 aliphatic carbocycles. The molecular weight excluding hydrogens is 200 g/mol. The van der Waals surface area contributed by atoms with Crippen molar-refractivity contribution in [3.8, 4) is 0 Å². The second-order valence-corrected chi connectivity index (χ2v) is 5.24. The second kappa shape index (κ2) is 6.89. The van der Waals surface area contributed by atoms with Crippen LogP contribution in [0.2, 0.25) is 0 Å². The summed E-state index contributed by atoms with van der Waals surface area (Å²) in [7, 11) is 0. The zero-order valence-electron chi connectivity index (χ0n) is 10.9. The second-order valence-electron chi connectivity index (χ2n) is 5.24. The zero-order chi connectivity index (χ0) is 12.0. The van der Waals surface area contributed by atoms with Crippen molar-refractivity contribution in [1.82, 2.24) is 10.6 Å². The minimum absolute atomic E-state index is 0.149. The Morgan fingerprint density at radius 2 is 2.12 bits per heavy atom. The van der Waals surface area contributed by atoms with E-state index < -0.39 is 0 Å². The van der Waals surface area contributed by atoms with E-state index in [1.54, 1.807) is 0 Å². The molecule has 1 saturated carbocycles. The van der Waals surface area contributed by atoms with Gasteiger partial charge in [-0.15, -0.1) is 0 Å². The monoisotopic (exact) mass is 226 g/mol. The smallest absolute Gasteiger partial charge is 0.234 e. The summed E-state index contributed by atoms with van der Waals surface area (Å²) in [4.78, 5) is 11.6. The lowest BCUT2D eigenvalue weighted by atomic mass is 9.84. The summed E-state index contributed by atoms with van der Waals surface area (Å²) >= 11 is 0. The van der Waals surface area contributed by atoms with Gasteiger partial charge in [0, 0.05) is 12.1 Å². The molecule has 0 aromatic heterocycles. The van der Waals surface area contributed by atoms with Crippen molar-refractivity contribution in [2.45, 2.75) is 65.0 Å². The number of rotatable bonds is 5. The molecule has 94 valence electrons. The van der Waals surface area contributed by atoms with Gasteiger partial charge in [0.15, 0.2) is 0 Å². The van der Waals surface area contributed by atoms with Crippen LogP contribution in [-0.4, -0.2) is 24.5 Å². The van der Waals surface area contributed by atoms with Gasteiger partial charge in [0.1, 0.15) is 0 Å². The lowest BCUT2D eigenvalue weighted by Gasteiger charge is -2.29. The first-order valence-electron chi connectivity index (χ1n) is 6.64. The highest BCUT2D eigenvalue weighted by atomic mass is 16.1. The van der Waals surface area contributed by atoms with Gasteiger partial charge in [-0.1, -0.05) is 40.0 Å². The standard InChI is InChI=1S/C13H26N2O/c1-4-11-6-5-7-12(8-11)15-13(16)9-14-10(2)3/h10-12,14H,4-9H2,1-3H3,(H,15,16). The summed E-state index contributed by atoms with van der Waals surface area (Å²) in [6, 6.07) is 0.792. The first-order chi connectivity index (χ1) is 7.61. The summed E-state index contributed by atoms with van der Waals surface area (Å²) in [5.74, 6) is 0.965. The van der Waals surface area contributed by atoms with E-state index in [0.717, 1.165) is 12.3 Å². The molecule has 0 heterocycles. The van der Waals surface area contributed by atoms with E-state index >= 15 is 0 Å². The highest BCUT2D eigenvalue weighted by Gasteiger charge is 2.21. The molecule has 1 fully saturated rings. The first kappa shape index (κ1) is 13.5. The maximum absolute atomic E-state index is 11.6. The topological polar surface area (TPSA) is 41.1 Å². The molecule has 1 amide bonds. The predicted octanol–water partition coefficient (Wildman–Crippen LogP) is 2.07. The number of nitrogens with one attached hydrogen (secondary N) is 2. The van der Waals surface area contributed by atoms with Gasteiger partial charge in [0.05, 0.1) is 6.54 Å². The van der Waals surface area contributed by atoms with Crippen molar-refractivity contribution >= 4 is 5.91 Å². The summed E-state index contributed by atoms with van der Waals surface area (Å²) in [5, 5.41) is 6.29. The molecule has 0 saturated heterocycles. The van der Waals surface area contributed by atoms with Crippen LogP contribution in [0.25, 0.3) is 0 Å². The van der Waals surface area contributed by atoms with Crippen LogP contribution in [0, 0.1) is 5.92 Å². The molecule has 0 spiro atoms. The molecule has 3 heteroatoms. The van der Waals surface area contributed by atoms with Crippen molar-refractivity contribution in [3.63, 3.8) is 0 Å². The number of carbonyl (C=O) groups is 1. The molecule has 2 atom stereocenters. The highest BCUT2D eigenvalue weighted by Crippen LogP contribution is 2.26. The SMILES string of the molecule is CCC1CCCC(NC(=O)CNC(C)C)C1. The number of amides is 1. The van der Waals surface area contributed by atoms with Crippen LogP contribution in [0.5, 0.6) is 0 Å². The van der Waals surface area contributed by atoms with Crippen molar-refractivity contribution in [2.75, 3.05) is 6.54 Å². The van der Waals surface area contributed by atoms with Gasteiger partial charge in [-0.05, 0) is 18.8 Å². The van der Waals surface area contributed by atoms with Crippen LogP contribution in [0.15, 0.2) is 0 Å². The summed E-state index contributed by atoms with van der Waals surface area (Å²) in [6.07, 6.45) is 6.18. The van der Waals surface area contributed by atoms with Gasteiger partial charge < -0.3 is 10.6 Å². The van der Waals surface area contributed by atoms with Crippen LogP contribution in [0.1, 0.15) is 52.9 Å². The van der Waals surface area contributed by atoms with Crippen LogP contribution in [0.4, 0.5) is 0 Å². The fourth-order valence-electron chi connectivity index (χ4n) is 2.37. The van der Waals surface area contributed by atoms with Crippen molar-refractivity contribution in [3.05, 3.63) is 0 Å². The van der Waals surface area contributed by atoms with Gasteiger partial charge in [-0.25, -0.2) is 0 Å². The molecule has 0 aliphatic heterocycles. The maximum Gasteiger partial charge on any atom is 0.234 e. The molecule has 1 rings (SSSR count). The minimum atomic E-state index is 0.149. The Hall–Kier alpha value is -0.570. The van der Waals surface area contributed by atoms with Crippen molar-refractivity contribution in [2.24, 2.45) is 5.92 Å². The molecule has 1 aliphatic rings. The first-order valence-corrected chi connectivity index (χ1v) is 6.64. The van der Waals surface area contributed by atoms with Gasteiger partial charge in [-0.2, -0.15) is 0 Å². The predicted molar refractivity (Wildman–Crippen MR) is 67.3 cm³/mol. The zero-order valence-corrected chi connectivity index (χ0v) is 10.9. The van der Waals surface area contributed by atoms with Gasteiger partial charge >= 0.3 is 0 Å². The lowest BCUT2D eigenvalue weighted by molar-refractivity contribution is -0.121. The molecule has 16 heavy (non-hydrogen) atoms. The Balaban J connectivity index is 2.22. The Kier molecular flexibility index (Phi) is 5.81. The van der Waals surface area contributed by atoms with Crippen LogP contribution >= 0.6 is 0 Å². The van der Waals surface area contributed by atoms with Gasteiger partial charge in [0.25, 0.3) is 0 Å². The highest BCUT2D eigenvalue weighted by molar-refractivity contribution is 5.78. The van der Waals surface area contributed by atoms with E-state index in [4.69, 9.17) is 0 Å². The maximum atomic E-state index is 11.6. The molecule has 0 bridgehead atoms. The van der Waals surface area contributed by atoms with Gasteiger partial charge in [-0.3, -0.25) is 4.79 Å². The van der Waals surface area contributed by atoms with Crippen LogP contribution in [-0.2, 0) is 4.79 Å². The quantitative estimate of drug-likeness (QED) is 0.753. The molecule has 0 aromatic rings. The van der Waals surface area contributed by atoms with Crippen molar-refractivity contribution < 1.29 is 4.79 Å². The van der Waals surface area contributed by atoms with E-state index in [-0.39, 0.29) is 5.91 Å². The number of hydrogen-bond donors (Lipinski definition) is 2. The number of hydrogen-bond acceptors (Lipinski definition) is 2. The third kappa shape index (κ3) is 4.97. The average molecular weight is 226 g/mol. The molecule has 2 unspecified atom stereocenters. The molecule has 0 aromatic carbocycles. The Labute approximate surface area is 99.4 Å². The third-order valence-corrected chi connectivity index (χ3v) is 3.40. The van der Waals surface area contributed by atoms with E-state index in [1.807, 2.05) is 0 Å². The normalized spacial score (nSPS) is 25.8. The van der Waals surface area contributed by atoms with Crippen LogP contribution in [0.3, 0.4) is 0 Å². The summed E-state index contributed by atoms with van der Waals surface area (Å²) in [6.45, 7) is 6.81. The molecule has 2 N–H and O–H groups in total. The average Bonchev–Trinajstić information content (AvgIpc) is 2.26. The van der Waals surface area contributed by atoms with Gasteiger partial charge in [0.2, 0.25) is 5.91 Å². The van der Waals surface area contributed by atoms with E-state index in [0.29, 0.717) is 18.6 Å². The molecular formula is C13H26N2O. The van der Waals surface area contributed by atoms with E-state index in [2.05, 4.69) is 31.4 Å². The van der Waals surface area contributed by atoms with Crippen LogP contribution < -0.4 is 10.6 Å². The molecule has 0 radical (unpaired) electrons. The fourth-order valence-corrected chi connectivity index (χ4v) is 2.37.